The van der Waals surface area contributed by atoms with E-state index in [-0.39, 0.29) is 11.5 Å². The summed E-state index contributed by atoms with van der Waals surface area (Å²) in [6, 6.07) is 8.79. The first-order valence-electron chi connectivity index (χ1n) is 7.59. The zero-order valence-corrected chi connectivity index (χ0v) is 16.6. The normalized spacial score (nSPS) is 10.9. The fourth-order valence-corrected chi connectivity index (χ4v) is 3.22. The highest BCUT2D eigenvalue weighted by molar-refractivity contribution is 9.10. The molecule has 0 unspecified atom stereocenters. The molecule has 2 rings (SSSR count). The van der Waals surface area contributed by atoms with Crippen LogP contribution in [0.3, 0.4) is 0 Å². The van der Waals surface area contributed by atoms with Gasteiger partial charge in [0.25, 0.3) is 0 Å². The Morgan fingerprint density at radius 3 is 2.68 bits per heavy atom. The molecule has 1 N–H and O–H groups in total. The summed E-state index contributed by atoms with van der Waals surface area (Å²) < 4.78 is 11.2. The highest BCUT2D eigenvalue weighted by Gasteiger charge is 2.10. The number of ether oxygens (including phenoxy) is 2. The number of hydrogen-bond donors (Lipinski definition) is 1. The van der Waals surface area contributed by atoms with Crippen molar-refractivity contribution in [2.75, 3.05) is 20.0 Å². The van der Waals surface area contributed by atoms with E-state index in [1.807, 2.05) is 19.2 Å². The van der Waals surface area contributed by atoms with Crippen LogP contribution in [0.4, 0.5) is 0 Å². The number of hydrogen-bond acceptors (Lipinski definition) is 5. The zero-order valence-electron chi connectivity index (χ0n) is 14.2. The van der Waals surface area contributed by atoms with E-state index in [0.29, 0.717) is 28.1 Å². The minimum absolute atomic E-state index is 0.0442. The van der Waals surface area contributed by atoms with E-state index in [1.54, 1.807) is 49.2 Å². The van der Waals surface area contributed by atoms with Crippen LogP contribution in [0.15, 0.2) is 45.8 Å². The van der Waals surface area contributed by atoms with E-state index in [1.165, 1.54) is 6.08 Å². The number of rotatable bonds is 7. The van der Waals surface area contributed by atoms with Crippen molar-refractivity contribution in [3.05, 3.63) is 52.0 Å². The van der Waals surface area contributed by atoms with Gasteiger partial charge in [0, 0.05) is 10.5 Å². The van der Waals surface area contributed by atoms with Gasteiger partial charge in [-0.05, 0) is 71.1 Å². The largest absolute Gasteiger partial charge is 0.503 e. The highest BCUT2D eigenvalue weighted by atomic mass is 79.9. The van der Waals surface area contributed by atoms with Gasteiger partial charge in [0.1, 0.15) is 5.75 Å². The molecule has 6 heteroatoms. The van der Waals surface area contributed by atoms with Gasteiger partial charge in [0.2, 0.25) is 0 Å². The average molecular weight is 423 g/mol. The third kappa shape index (κ3) is 4.80. The molecule has 0 saturated heterocycles. The Balaban J connectivity index is 2.26. The van der Waals surface area contributed by atoms with E-state index in [9.17, 15) is 9.90 Å². The van der Waals surface area contributed by atoms with Crippen molar-refractivity contribution in [3.63, 3.8) is 0 Å². The summed E-state index contributed by atoms with van der Waals surface area (Å²) >= 11 is 4.85. The lowest BCUT2D eigenvalue weighted by molar-refractivity contribution is 0.104. The van der Waals surface area contributed by atoms with E-state index in [4.69, 9.17) is 9.47 Å². The minimum Gasteiger partial charge on any atom is -0.503 e. The topological polar surface area (TPSA) is 55.8 Å². The molecule has 0 saturated carbocycles. The molecule has 0 aliphatic rings. The lowest BCUT2D eigenvalue weighted by Gasteiger charge is -2.09. The summed E-state index contributed by atoms with van der Waals surface area (Å²) in [4.78, 5) is 13.4. The number of phenolic OH excluding ortho intramolecular Hbond substituents is 1. The van der Waals surface area contributed by atoms with Gasteiger partial charge in [-0.1, -0.05) is 6.08 Å². The lowest BCUT2D eigenvalue weighted by atomic mass is 10.1. The number of halogens is 1. The van der Waals surface area contributed by atoms with Gasteiger partial charge in [-0.3, -0.25) is 4.79 Å². The number of carbonyl (C=O) groups excluding carboxylic acids is 1. The van der Waals surface area contributed by atoms with E-state index in [2.05, 4.69) is 15.9 Å². The Kier molecular flexibility index (Phi) is 6.96. The van der Waals surface area contributed by atoms with Crippen LogP contribution in [-0.4, -0.2) is 30.9 Å². The van der Waals surface area contributed by atoms with Crippen LogP contribution in [-0.2, 0) is 0 Å². The molecule has 0 bridgehead atoms. The van der Waals surface area contributed by atoms with Crippen molar-refractivity contribution in [2.45, 2.75) is 11.8 Å². The van der Waals surface area contributed by atoms with Crippen LogP contribution in [0.2, 0.25) is 0 Å². The lowest BCUT2D eigenvalue weighted by Crippen LogP contribution is -1.96. The predicted molar refractivity (Wildman–Crippen MR) is 105 cm³/mol. The maximum absolute atomic E-state index is 12.4. The molecule has 0 radical (unpaired) electrons. The van der Waals surface area contributed by atoms with Crippen LogP contribution in [0.1, 0.15) is 22.8 Å². The van der Waals surface area contributed by atoms with E-state index >= 15 is 0 Å². The van der Waals surface area contributed by atoms with Gasteiger partial charge >= 0.3 is 0 Å². The van der Waals surface area contributed by atoms with Gasteiger partial charge in [-0.15, -0.1) is 11.8 Å². The Morgan fingerprint density at radius 2 is 2.04 bits per heavy atom. The van der Waals surface area contributed by atoms with Crippen molar-refractivity contribution in [1.29, 1.82) is 0 Å². The SMILES string of the molecule is CCOc1cc(C=CC(=O)c2ccc(SC)c(OC)c2)cc(Br)c1O. The van der Waals surface area contributed by atoms with Crippen molar-refractivity contribution >= 4 is 39.6 Å². The summed E-state index contributed by atoms with van der Waals surface area (Å²) in [5, 5.41) is 9.94. The second kappa shape index (κ2) is 8.97. The first-order valence-corrected chi connectivity index (χ1v) is 9.61. The third-order valence-corrected chi connectivity index (χ3v) is 4.83. The summed E-state index contributed by atoms with van der Waals surface area (Å²) in [7, 11) is 1.59. The fraction of sp³-hybridized carbons (Fsp3) is 0.211. The van der Waals surface area contributed by atoms with E-state index in [0.717, 1.165) is 10.5 Å². The van der Waals surface area contributed by atoms with E-state index < -0.39 is 0 Å². The molecule has 25 heavy (non-hydrogen) atoms. The second-order valence-electron chi connectivity index (χ2n) is 5.05. The van der Waals surface area contributed by atoms with Gasteiger partial charge < -0.3 is 14.6 Å². The quantitative estimate of drug-likeness (QED) is 0.378. The monoisotopic (exact) mass is 422 g/mol. The van der Waals surface area contributed by atoms with Crippen molar-refractivity contribution in [3.8, 4) is 17.2 Å². The first kappa shape index (κ1) is 19.4. The summed E-state index contributed by atoms with van der Waals surface area (Å²) in [6.45, 7) is 2.28. The number of thioether (sulfide) groups is 1. The molecule has 4 nitrogen and oxygen atoms in total. The highest BCUT2D eigenvalue weighted by Crippen LogP contribution is 2.36. The second-order valence-corrected chi connectivity index (χ2v) is 6.75. The number of benzene rings is 2. The Morgan fingerprint density at radius 1 is 1.28 bits per heavy atom. The molecule has 0 aliphatic heterocycles. The van der Waals surface area contributed by atoms with Crippen LogP contribution >= 0.6 is 27.7 Å². The van der Waals surface area contributed by atoms with Crippen molar-refractivity contribution in [1.82, 2.24) is 0 Å². The first-order chi connectivity index (χ1) is 12.0. The van der Waals surface area contributed by atoms with Gasteiger partial charge in [-0.2, -0.15) is 0 Å². The predicted octanol–water partition coefficient (Wildman–Crippen LogP) is 5.18. The Labute approximate surface area is 160 Å². The minimum atomic E-state index is -0.131. The van der Waals surface area contributed by atoms with Crippen molar-refractivity contribution in [2.24, 2.45) is 0 Å². The maximum atomic E-state index is 12.4. The van der Waals surface area contributed by atoms with Crippen LogP contribution in [0.25, 0.3) is 6.08 Å². The molecule has 0 spiro atoms. The zero-order chi connectivity index (χ0) is 18.4. The van der Waals surface area contributed by atoms with Gasteiger partial charge in [0.05, 0.1) is 18.2 Å². The molecule has 0 aromatic heterocycles. The van der Waals surface area contributed by atoms with Gasteiger partial charge in [0.15, 0.2) is 17.3 Å². The summed E-state index contributed by atoms with van der Waals surface area (Å²) in [5.41, 5.74) is 1.29. The molecular weight excluding hydrogens is 404 g/mol. The van der Waals surface area contributed by atoms with Crippen LogP contribution < -0.4 is 9.47 Å². The smallest absolute Gasteiger partial charge is 0.185 e. The van der Waals surface area contributed by atoms with Gasteiger partial charge in [-0.25, -0.2) is 0 Å². The number of aromatic hydroxyl groups is 1. The number of carbonyl (C=O) groups is 1. The molecule has 0 amide bonds. The fourth-order valence-electron chi connectivity index (χ4n) is 2.21. The van der Waals surface area contributed by atoms with Crippen LogP contribution in [0, 0.1) is 0 Å². The molecule has 132 valence electrons. The van der Waals surface area contributed by atoms with Crippen LogP contribution in [0.5, 0.6) is 17.2 Å². The Bertz CT molecular complexity index is 802. The Hall–Kier alpha value is -1.92. The number of allylic oxidation sites excluding steroid dienone is 1. The molecule has 2 aromatic carbocycles. The molecule has 0 atom stereocenters. The maximum Gasteiger partial charge on any atom is 0.185 e. The molecule has 0 fully saturated rings. The number of methoxy groups -OCH3 is 1. The third-order valence-electron chi connectivity index (χ3n) is 3.45. The van der Waals surface area contributed by atoms with Crippen molar-refractivity contribution < 1.29 is 19.4 Å². The molecule has 0 aliphatic carbocycles. The number of phenols is 1. The summed E-state index contributed by atoms with van der Waals surface area (Å²) in [5.74, 6) is 0.962. The molecule has 2 aromatic rings. The summed E-state index contributed by atoms with van der Waals surface area (Å²) in [6.07, 6.45) is 5.13. The average Bonchev–Trinajstić information content (AvgIpc) is 2.63. The number of ketones is 1. The molecule has 0 heterocycles. The molecular formula is C19H19BrO4S. The standard InChI is InChI=1S/C19H19BrO4S/c1-4-24-17-10-12(9-14(20)19(17)22)5-7-15(21)13-6-8-18(25-3)16(11-13)23-2/h5-11,22H,4H2,1-3H3.